The van der Waals surface area contributed by atoms with Gasteiger partial charge in [-0.1, -0.05) is 18.2 Å². The van der Waals surface area contributed by atoms with Crippen LogP contribution in [0.5, 0.6) is 0 Å². The van der Waals surface area contributed by atoms with E-state index in [0.29, 0.717) is 12.2 Å². The van der Waals surface area contributed by atoms with Crippen molar-refractivity contribution < 1.29 is 4.79 Å². The minimum atomic E-state index is -0.0736. The number of carbonyl (C=O) groups excluding carboxylic acids is 1. The van der Waals surface area contributed by atoms with Crippen molar-refractivity contribution in [1.82, 2.24) is 19.7 Å². The zero-order valence-corrected chi connectivity index (χ0v) is 13.6. The fourth-order valence-corrected chi connectivity index (χ4v) is 2.59. The predicted octanol–water partition coefficient (Wildman–Crippen LogP) is 3.28. The Kier molecular flexibility index (Phi) is 4.10. The van der Waals surface area contributed by atoms with Crippen LogP contribution in [0.3, 0.4) is 0 Å². The van der Waals surface area contributed by atoms with Crippen LogP contribution in [0.2, 0.25) is 0 Å². The van der Waals surface area contributed by atoms with Crippen molar-refractivity contribution in [3.05, 3.63) is 60.2 Å². The van der Waals surface area contributed by atoms with E-state index < -0.39 is 0 Å². The molecule has 2 heterocycles. The van der Waals surface area contributed by atoms with Crippen LogP contribution >= 0.6 is 0 Å². The van der Waals surface area contributed by atoms with E-state index in [0.717, 1.165) is 16.3 Å². The maximum atomic E-state index is 12.6. The topological polar surface area (TPSA) is 51.0 Å². The van der Waals surface area contributed by atoms with Crippen LogP contribution in [0.4, 0.5) is 0 Å². The standard InChI is InChI=1S/C18H20N4O/c1-13(2)22-10-8-17(20-22)18(23)21(3)12-15-6-4-5-14-11-19-9-7-16(14)15/h4-11,13H,12H2,1-3H3. The molecule has 0 aliphatic carbocycles. The van der Waals surface area contributed by atoms with Gasteiger partial charge in [0.1, 0.15) is 5.69 Å². The van der Waals surface area contributed by atoms with Crippen molar-refractivity contribution in [2.45, 2.75) is 26.4 Å². The Hall–Kier alpha value is -2.69. The average Bonchev–Trinajstić information content (AvgIpc) is 3.04. The van der Waals surface area contributed by atoms with Gasteiger partial charge in [-0.15, -0.1) is 0 Å². The summed E-state index contributed by atoms with van der Waals surface area (Å²) in [6, 6.07) is 10.1. The van der Waals surface area contributed by atoms with Gasteiger partial charge in [0.2, 0.25) is 0 Å². The molecule has 0 saturated carbocycles. The molecule has 2 aromatic heterocycles. The fraction of sp³-hybridized carbons (Fsp3) is 0.278. The first-order chi connectivity index (χ1) is 11.1. The number of hydrogen-bond donors (Lipinski definition) is 0. The third-order valence-corrected chi connectivity index (χ3v) is 3.88. The van der Waals surface area contributed by atoms with Gasteiger partial charge in [0.25, 0.3) is 5.91 Å². The van der Waals surface area contributed by atoms with Gasteiger partial charge in [0.15, 0.2) is 0 Å². The van der Waals surface area contributed by atoms with Crippen LogP contribution in [-0.4, -0.2) is 32.6 Å². The molecule has 1 aromatic carbocycles. The summed E-state index contributed by atoms with van der Waals surface area (Å²) >= 11 is 0. The Morgan fingerprint density at radius 1 is 1.26 bits per heavy atom. The molecule has 5 heteroatoms. The molecule has 0 radical (unpaired) electrons. The molecule has 0 unspecified atom stereocenters. The molecule has 0 fully saturated rings. The van der Waals surface area contributed by atoms with E-state index in [9.17, 15) is 4.79 Å². The highest BCUT2D eigenvalue weighted by Crippen LogP contribution is 2.19. The monoisotopic (exact) mass is 308 g/mol. The normalized spacial score (nSPS) is 11.1. The molecule has 3 aromatic rings. The Labute approximate surface area is 135 Å². The number of pyridine rings is 1. The zero-order valence-electron chi connectivity index (χ0n) is 13.6. The fourth-order valence-electron chi connectivity index (χ4n) is 2.59. The van der Waals surface area contributed by atoms with E-state index >= 15 is 0 Å². The Morgan fingerprint density at radius 2 is 2.09 bits per heavy atom. The number of aromatic nitrogens is 3. The van der Waals surface area contributed by atoms with Gasteiger partial charge in [-0.05, 0) is 36.9 Å². The molecule has 23 heavy (non-hydrogen) atoms. The first kappa shape index (κ1) is 15.2. The van der Waals surface area contributed by atoms with Crippen LogP contribution in [-0.2, 0) is 6.54 Å². The van der Waals surface area contributed by atoms with E-state index in [4.69, 9.17) is 0 Å². The van der Waals surface area contributed by atoms with Gasteiger partial charge in [-0.2, -0.15) is 5.10 Å². The van der Waals surface area contributed by atoms with Gasteiger partial charge in [0.05, 0.1) is 0 Å². The minimum Gasteiger partial charge on any atom is -0.336 e. The number of hydrogen-bond acceptors (Lipinski definition) is 3. The third-order valence-electron chi connectivity index (χ3n) is 3.88. The van der Waals surface area contributed by atoms with Gasteiger partial charge < -0.3 is 4.90 Å². The molecule has 0 saturated heterocycles. The van der Waals surface area contributed by atoms with E-state index in [2.05, 4.69) is 10.1 Å². The largest absolute Gasteiger partial charge is 0.336 e. The molecule has 1 amide bonds. The van der Waals surface area contributed by atoms with E-state index in [-0.39, 0.29) is 11.9 Å². The second-order valence-corrected chi connectivity index (χ2v) is 5.95. The number of carbonyl (C=O) groups is 1. The number of rotatable bonds is 4. The van der Waals surface area contributed by atoms with Crippen LogP contribution in [0.1, 0.15) is 35.9 Å². The lowest BCUT2D eigenvalue weighted by atomic mass is 10.1. The van der Waals surface area contributed by atoms with Gasteiger partial charge >= 0.3 is 0 Å². The zero-order chi connectivity index (χ0) is 16.4. The average molecular weight is 308 g/mol. The second-order valence-electron chi connectivity index (χ2n) is 5.95. The molecule has 118 valence electrons. The van der Waals surface area contributed by atoms with E-state index in [1.165, 1.54) is 0 Å². The maximum absolute atomic E-state index is 12.6. The Balaban J connectivity index is 1.82. The van der Waals surface area contributed by atoms with Crippen molar-refractivity contribution in [2.75, 3.05) is 7.05 Å². The summed E-state index contributed by atoms with van der Waals surface area (Å²) in [7, 11) is 1.80. The summed E-state index contributed by atoms with van der Waals surface area (Å²) in [5.74, 6) is -0.0736. The second kappa shape index (κ2) is 6.20. The van der Waals surface area contributed by atoms with Crippen molar-refractivity contribution in [2.24, 2.45) is 0 Å². The summed E-state index contributed by atoms with van der Waals surface area (Å²) < 4.78 is 1.80. The summed E-state index contributed by atoms with van der Waals surface area (Å²) in [6.45, 7) is 4.61. The Morgan fingerprint density at radius 3 is 2.83 bits per heavy atom. The first-order valence-corrected chi connectivity index (χ1v) is 7.68. The number of fused-ring (bicyclic) bond motifs is 1. The van der Waals surface area contributed by atoms with Crippen LogP contribution in [0.15, 0.2) is 48.9 Å². The SMILES string of the molecule is CC(C)n1ccc(C(=O)N(C)Cc2cccc3cnccc23)n1. The molecule has 5 nitrogen and oxygen atoms in total. The smallest absolute Gasteiger partial charge is 0.274 e. The number of amides is 1. The van der Waals surface area contributed by atoms with Gasteiger partial charge in [-0.3, -0.25) is 14.5 Å². The van der Waals surface area contributed by atoms with Crippen molar-refractivity contribution in [3.63, 3.8) is 0 Å². The van der Waals surface area contributed by atoms with E-state index in [1.54, 1.807) is 28.9 Å². The lowest BCUT2D eigenvalue weighted by Gasteiger charge is -2.17. The number of nitrogens with zero attached hydrogens (tertiary/aromatic N) is 4. The predicted molar refractivity (Wildman–Crippen MR) is 90.2 cm³/mol. The van der Waals surface area contributed by atoms with Gasteiger partial charge in [0, 0.05) is 43.6 Å². The summed E-state index contributed by atoms with van der Waals surface area (Å²) in [5.41, 5.74) is 1.58. The number of benzene rings is 1. The van der Waals surface area contributed by atoms with E-state index in [1.807, 2.05) is 50.5 Å². The van der Waals surface area contributed by atoms with Crippen molar-refractivity contribution in [1.29, 1.82) is 0 Å². The van der Waals surface area contributed by atoms with Crippen molar-refractivity contribution in [3.8, 4) is 0 Å². The highest BCUT2D eigenvalue weighted by Gasteiger charge is 2.16. The quantitative estimate of drug-likeness (QED) is 0.743. The molecule has 0 bridgehead atoms. The van der Waals surface area contributed by atoms with Crippen LogP contribution in [0.25, 0.3) is 10.8 Å². The minimum absolute atomic E-state index is 0.0736. The summed E-state index contributed by atoms with van der Waals surface area (Å²) in [4.78, 5) is 18.4. The lowest BCUT2D eigenvalue weighted by molar-refractivity contribution is 0.0778. The molecule has 0 spiro atoms. The van der Waals surface area contributed by atoms with Crippen LogP contribution in [0, 0.1) is 0 Å². The third kappa shape index (κ3) is 3.08. The lowest BCUT2D eigenvalue weighted by Crippen LogP contribution is -2.27. The molecular weight excluding hydrogens is 288 g/mol. The Bertz CT molecular complexity index is 832. The summed E-state index contributed by atoms with van der Waals surface area (Å²) in [6.07, 6.45) is 5.46. The molecule has 0 N–H and O–H groups in total. The first-order valence-electron chi connectivity index (χ1n) is 7.68. The van der Waals surface area contributed by atoms with Gasteiger partial charge in [-0.25, -0.2) is 0 Å². The highest BCUT2D eigenvalue weighted by molar-refractivity contribution is 5.92. The maximum Gasteiger partial charge on any atom is 0.274 e. The molecular formula is C18H20N4O. The highest BCUT2D eigenvalue weighted by atomic mass is 16.2. The molecule has 3 rings (SSSR count). The molecule has 0 aliphatic heterocycles. The summed E-state index contributed by atoms with van der Waals surface area (Å²) in [5, 5.41) is 6.55. The van der Waals surface area contributed by atoms with Crippen LogP contribution < -0.4 is 0 Å². The molecule has 0 atom stereocenters. The molecule has 0 aliphatic rings. The van der Waals surface area contributed by atoms with Crippen molar-refractivity contribution >= 4 is 16.7 Å².